The van der Waals surface area contributed by atoms with Gasteiger partial charge in [-0.3, -0.25) is 4.79 Å². The molecule has 0 bridgehead atoms. The molecular formula is C18H25FN2O4. The smallest absolute Gasteiger partial charge is 0.410 e. The zero-order valence-corrected chi connectivity index (χ0v) is 15.2. The van der Waals surface area contributed by atoms with Crippen LogP contribution in [0.15, 0.2) is 18.2 Å². The normalized spacial score (nSPS) is 15.1. The van der Waals surface area contributed by atoms with Crippen molar-refractivity contribution in [2.24, 2.45) is 0 Å². The van der Waals surface area contributed by atoms with Crippen molar-refractivity contribution in [2.75, 3.05) is 38.2 Å². The number of rotatable bonds is 3. The zero-order valence-electron chi connectivity index (χ0n) is 15.2. The Balaban J connectivity index is 1.96. The maximum Gasteiger partial charge on any atom is 0.410 e. The molecule has 1 aliphatic rings. The zero-order chi connectivity index (χ0) is 18.6. The van der Waals surface area contributed by atoms with Crippen LogP contribution in [-0.4, -0.2) is 55.9 Å². The summed E-state index contributed by atoms with van der Waals surface area (Å²) in [6, 6.07) is 4.73. The molecule has 1 aromatic carbocycles. The quantitative estimate of drug-likeness (QED) is 0.783. The van der Waals surface area contributed by atoms with Gasteiger partial charge in [-0.2, -0.15) is 0 Å². The lowest BCUT2D eigenvalue weighted by atomic mass is 10.1. The summed E-state index contributed by atoms with van der Waals surface area (Å²) in [7, 11) is 1.30. The van der Waals surface area contributed by atoms with Gasteiger partial charge in [0.2, 0.25) is 0 Å². The lowest BCUT2D eigenvalue weighted by molar-refractivity contribution is -0.139. The molecule has 0 radical (unpaired) electrons. The highest BCUT2D eigenvalue weighted by Gasteiger charge is 2.26. The fourth-order valence-electron chi connectivity index (χ4n) is 2.61. The second-order valence-electron chi connectivity index (χ2n) is 6.99. The molecule has 0 unspecified atom stereocenters. The third kappa shape index (κ3) is 5.34. The minimum Gasteiger partial charge on any atom is -0.469 e. The van der Waals surface area contributed by atoms with Crippen molar-refractivity contribution in [1.82, 2.24) is 4.90 Å². The van der Waals surface area contributed by atoms with Gasteiger partial charge in [0.25, 0.3) is 0 Å². The predicted molar refractivity (Wildman–Crippen MR) is 92.1 cm³/mol. The van der Waals surface area contributed by atoms with E-state index in [0.29, 0.717) is 37.4 Å². The number of piperazine rings is 1. The summed E-state index contributed by atoms with van der Waals surface area (Å²) < 4.78 is 24.3. The van der Waals surface area contributed by atoms with Crippen LogP contribution in [0.25, 0.3) is 0 Å². The fraction of sp³-hybridized carbons (Fsp3) is 0.556. The van der Waals surface area contributed by atoms with Crippen LogP contribution in [0, 0.1) is 5.82 Å². The molecule has 0 aliphatic carbocycles. The number of carbonyl (C=O) groups is 2. The van der Waals surface area contributed by atoms with Crippen LogP contribution in [0.5, 0.6) is 0 Å². The van der Waals surface area contributed by atoms with Gasteiger partial charge >= 0.3 is 12.1 Å². The molecule has 1 aliphatic heterocycles. The van der Waals surface area contributed by atoms with Gasteiger partial charge in [0.1, 0.15) is 11.4 Å². The van der Waals surface area contributed by atoms with Crippen molar-refractivity contribution in [1.29, 1.82) is 0 Å². The molecule has 0 aromatic heterocycles. The highest BCUT2D eigenvalue weighted by Crippen LogP contribution is 2.23. The third-order valence-electron chi connectivity index (χ3n) is 3.86. The van der Waals surface area contributed by atoms with Crippen LogP contribution in [0.4, 0.5) is 14.9 Å². The predicted octanol–water partition coefficient (Wildman–Crippen LogP) is 2.60. The fourth-order valence-corrected chi connectivity index (χ4v) is 2.61. The molecule has 138 valence electrons. The first-order valence-electron chi connectivity index (χ1n) is 8.28. The SMILES string of the molecule is COC(=O)Cc1ccc(N2CCN(C(=O)OC(C)(C)C)CC2)c(F)c1. The summed E-state index contributed by atoms with van der Waals surface area (Å²) in [4.78, 5) is 26.9. The van der Waals surface area contributed by atoms with E-state index in [-0.39, 0.29) is 18.3 Å². The van der Waals surface area contributed by atoms with E-state index in [0.717, 1.165) is 0 Å². The Morgan fingerprint density at radius 3 is 2.32 bits per heavy atom. The largest absolute Gasteiger partial charge is 0.469 e. The molecule has 1 aromatic rings. The molecule has 0 N–H and O–H groups in total. The van der Waals surface area contributed by atoms with Crippen LogP contribution >= 0.6 is 0 Å². The van der Waals surface area contributed by atoms with Crippen molar-refractivity contribution in [3.05, 3.63) is 29.6 Å². The van der Waals surface area contributed by atoms with Gasteiger partial charge in [0, 0.05) is 26.2 Å². The second-order valence-corrected chi connectivity index (χ2v) is 6.99. The van der Waals surface area contributed by atoms with Crippen molar-refractivity contribution >= 4 is 17.7 Å². The number of benzene rings is 1. The number of hydrogen-bond donors (Lipinski definition) is 0. The Kier molecular flexibility index (Phi) is 5.87. The Morgan fingerprint density at radius 2 is 1.80 bits per heavy atom. The molecule has 6 nitrogen and oxygen atoms in total. The standard InChI is InChI=1S/C18H25FN2O4/c1-18(2,3)25-17(23)21-9-7-20(8-10-21)15-6-5-13(11-14(15)19)12-16(22)24-4/h5-6,11H,7-10,12H2,1-4H3. The second kappa shape index (κ2) is 7.72. The maximum atomic E-state index is 14.4. The Labute approximate surface area is 147 Å². The number of hydrogen-bond acceptors (Lipinski definition) is 5. The monoisotopic (exact) mass is 352 g/mol. The molecular weight excluding hydrogens is 327 g/mol. The Hall–Kier alpha value is -2.31. The molecule has 1 saturated heterocycles. The van der Waals surface area contributed by atoms with Gasteiger partial charge in [0.05, 0.1) is 19.2 Å². The Bertz CT molecular complexity index is 634. The van der Waals surface area contributed by atoms with E-state index in [1.807, 2.05) is 25.7 Å². The first-order valence-corrected chi connectivity index (χ1v) is 8.28. The maximum absolute atomic E-state index is 14.4. The van der Waals surface area contributed by atoms with Gasteiger partial charge in [-0.1, -0.05) is 6.07 Å². The van der Waals surface area contributed by atoms with E-state index in [9.17, 15) is 14.0 Å². The number of carbonyl (C=O) groups excluding carboxylic acids is 2. The van der Waals surface area contributed by atoms with Crippen molar-refractivity contribution in [3.8, 4) is 0 Å². The first-order chi connectivity index (χ1) is 11.7. The van der Waals surface area contributed by atoms with E-state index >= 15 is 0 Å². The summed E-state index contributed by atoms with van der Waals surface area (Å²) in [5.74, 6) is -0.787. The van der Waals surface area contributed by atoms with Crippen LogP contribution < -0.4 is 4.90 Å². The molecule has 1 amide bonds. The lowest BCUT2D eigenvalue weighted by Crippen LogP contribution is -2.50. The van der Waals surface area contributed by atoms with E-state index in [1.165, 1.54) is 13.2 Å². The highest BCUT2D eigenvalue weighted by molar-refractivity contribution is 5.72. The van der Waals surface area contributed by atoms with Gasteiger partial charge in [-0.15, -0.1) is 0 Å². The number of nitrogens with zero attached hydrogens (tertiary/aromatic N) is 2. The molecule has 0 atom stereocenters. The summed E-state index contributed by atoms with van der Waals surface area (Å²) in [6.45, 7) is 7.46. The molecule has 0 saturated carbocycles. The van der Waals surface area contributed by atoms with E-state index in [1.54, 1.807) is 17.0 Å². The lowest BCUT2D eigenvalue weighted by Gasteiger charge is -2.36. The molecule has 25 heavy (non-hydrogen) atoms. The van der Waals surface area contributed by atoms with Crippen LogP contribution in [0.1, 0.15) is 26.3 Å². The number of ether oxygens (including phenoxy) is 2. The van der Waals surface area contributed by atoms with Crippen LogP contribution in [0.3, 0.4) is 0 Å². The molecule has 7 heteroatoms. The summed E-state index contributed by atoms with van der Waals surface area (Å²) in [5, 5.41) is 0. The number of halogens is 1. The van der Waals surface area contributed by atoms with Gasteiger partial charge in [-0.05, 0) is 38.5 Å². The van der Waals surface area contributed by atoms with Gasteiger partial charge in [0.15, 0.2) is 0 Å². The average Bonchev–Trinajstić information content (AvgIpc) is 2.53. The van der Waals surface area contributed by atoms with Gasteiger partial charge < -0.3 is 19.3 Å². The summed E-state index contributed by atoms with van der Waals surface area (Å²) >= 11 is 0. The van der Waals surface area contributed by atoms with Crippen molar-refractivity contribution < 1.29 is 23.5 Å². The minimum absolute atomic E-state index is 0.0418. The van der Waals surface area contributed by atoms with Crippen LogP contribution in [0.2, 0.25) is 0 Å². The minimum atomic E-state index is -0.532. The average molecular weight is 352 g/mol. The summed E-state index contributed by atoms with van der Waals surface area (Å²) in [6.07, 6.45) is -0.304. The number of methoxy groups -OCH3 is 1. The topological polar surface area (TPSA) is 59.1 Å². The van der Waals surface area contributed by atoms with E-state index < -0.39 is 11.6 Å². The van der Waals surface area contributed by atoms with E-state index in [2.05, 4.69) is 4.74 Å². The first kappa shape index (κ1) is 19.0. The van der Waals surface area contributed by atoms with Crippen molar-refractivity contribution in [2.45, 2.75) is 32.8 Å². The van der Waals surface area contributed by atoms with Crippen molar-refractivity contribution in [3.63, 3.8) is 0 Å². The van der Waals surface area contributed by atoms with E-state index in [4.69, 9.17) is 4.74 Å². The molecule has 2 rings (SSSR count). The summed E-state index contributed by atoms with van der Waals surface area (Å²) in [5.41, 5.74) is 0.508. The van der Waals surface area contributed by atoms with Crippen LogP contribution in [-0.2, 0) is 20.7 Å². The number of esters is 1. The molecule has 1 fully saturated rings. The molecule has 0 spiro atoms. The molecule has 1 heterocycles. The third-order valence-corrected chi connectivity index (χ3v) is 3.86. The number of anilines is 1. The highest BCUT2D eigenvalue weighted by atomic mass is 19.1. The van der Waals surface area contributed by atoms with Gasteiger partial charge in [-0.25, -0.2) is 9.18 Å². The number of amides is 1. The Morgan fingerprint density at radius 1 is 1.16 bits per heavy atom.